The summed E-state index contributed by atoms with van der Waals surface area (Å²) in [4.78, 5) is 4.09. The van der Waals surface area contributed by atoms with Crippen LogP contribution in [0.4, 0.5) is 11.4 Å². The molecule has 1 aromatic heterocycles. The number of nitrogens with two attached hydrogens (primary N) is 2. The first-order chi connectivity index (χ1) is 11.2. The fourth-order valence-electron chi connectivity index (χ4n) is 2.11. The number of rotatable bonds is 6. The third kappa shape index (κ3) is 3.62. The van der Waals surface area contributed by atoms with Crippen LogP contribution in [-0.4, -0.2) is 17.4 Å². The number of hydrogen-bond acceptors (Lipinski definition) is 6. The van der Waals surface area contributed by atoms with Gasteiger partial charge in [0.05, 0.1) is 0 Å². The number of allylic oxidation sites excluding steroid dienone is 1. The van der Waals surface area contributed by atoms with Crippen LogP contribution in [0.5, 0.6) is 0 Å². The second-order valence-electron chi connectivity index (χ2n) is 4.66. The molecule has 0 atom stereocenters. The maximum absolute atomic E-state index is 7.44. The van der Waals surface area contributed by atoms with Crippen molar-refractivity contribution in [3.63, 3.8) is 0 Å². The molecule has 6 nitrogen and oxygen atoms in total. The molecule has 0 aliphatic heterocycles. The lowest BCUT2D eigenvalue weighted by Gasteiger charge is -2.08. The van der Waals surface area contributed by atoms with Gasteiger partial charge in [-0.15, -0.1) is 0 Å². The van der Waals surface area contributed by atoms with Crippen molar-refractivity contribution in [2.24, 2.45) is 5.73 Å². The highest BCUT2D eigenvalue weighted by molar-refractivity contribution is 6.09. The Hall–Kier alpha value is -3.41. The maximum atomic E-state index is 7.44. The maximum Gasteiger partial charge on any atom is 0.0489 e. The number of anilines is 2. The largest absolute Gasteiger partial charge is 0.404 e. The van der Waals surface area contributed by atoms with E-state index in [1.807, 2.05) is 18.2 Å². The molecule has 7 N–H and O–H groups in total. The van der Waals surface area contributed by atoms with Gasteiger partial charge in [0.2, 0.25) is 0 Å². The Bertz CT molecular complexity index is 776. The van der Waals surface area contributed by atoms with Crippen molar-refractivity contribution in [1.29, 1.82) is 10.8 Å². The Morgan fingerprint density at radius 1 is 1.22 bits per heavy atom. The van der Waals surface area contributed by atoms with E-state index >= 15 is 0 Å². The van der Waals surface area contributed by atoms with Crippen molar-refractivity contribution in [2.75, 3.05) is 11.1 Å². The van der Waals surface area contributed by atoms with Crippen LogP contribution >= 0.6 is 0 Å². The summed E-state index contributed by atoms with van der Waals surface area (Å²) in [5.41, 5.74) is 15.5. The molecule has 6 heteroatoms. The number of hydrogen-bond donors (Lipinski definition) is 5. The molecule has 0 aliphatic rings. The average molecular weight is 306 g/mol. The lowest BCUT2D eigenvalue weighted by atomic mass is 10.0. The van der Waals surface area contributed by atoms with Crippen LogP contribution in [0, 0.1) is 10.8 Å². The van der Waals surface area contributed by atoms with Crippen molar-refractivity contribution >= 4 is 35.5 Å². The van der Waals surface area contributed by atoms with Crippen LogP contribution < -0.4 is 16.8 Å². The van der Waals surface area contributed by atoms with Crippen molar-refractivity contribution in [3.8, 4) is 0 Å². The fraction of sp³-hybridized carbons (Fsp3) is 0. The van der Waals surface area contributed by atoms with Gasteiger partial charge in [-0.2, -0.15) is 0 Å². The summed E-state index contributed by atoms with van der Waals surface area (Å²) in [6.07, 6.45) is 10.7. The van der Waals surface area contributed by atoms with E-state index in [1.165, 1.54) is 18.6 Å². The summed E-state index contributed by atoms with van der Waals surface area (Å²) in [5, 5.41) is 18.0. The molecular formula is C17H18N6. The first kappa shape index (κ1) is 16.0. The highest BCUT2D eigenvalue weighted by Crippen LogP contribution is 2.21. The summed E-state index contributed by atoms with van der Waals surface area (Å²) < 4.78 is 0. The van der Waals surface area contributed by atoms with E-state index in [4.69, 9.17) is 22.3 Å². The quantitative estimate of drug-likeness (QED) is 0.415. The molecule has 0 unspecified atom stereocenters. The van der Waals surface area contributed by atoms with Crippen molar-refractivity contribution in [1.82, 2.24) is 4.98 Å². The molecule has 0 bridgehead atoms. The molecule has 0 aliphatic carbocycles. The number of nitrogens with zero attached hydrogens (tertiary/aromatic N) is 1. The van der Waals surface area contributed by atoms with Crippen LogP contribution in [0.25, 0.3) is 11.6 Å². The number of pyridine rings is 1. The molecular weight excluding hydrogens is 288 g/mol. The van der Waals surface area contributed by atoms with Gasteiger partial charge in [-0.05, 0) is 29.8 Å². The second kappa shape index (κ2) is 7.56. The standard InChI is InChI=1S/C17H18N6/c18-8-13(9-19)14-5-6-22-11-12(14)4-7-23-17-3-1-2-16(21)15(17)10-20/h1-11,18,20,23H,19,21H2/b7-4+,13-9?,18-8?,20-10?. The smallest absolute Gasteiger partial charge is 0.0489 e. The zero-order valence-corrected chi connectivity index (χ0v) is 12.5. The Balaban J connectivity index is 2.27. The number of nitrogen functional groups attached to an aromatic ring is 1. The first-order valence-electron chi connectivity index (χ1n) is 6.90. The molecule has 0 radical (unpaired) electrons. The van der Waals surface area contributed by atoms with Gasteiger partial charge >= 0.3 is 0 Å². The minimum Gasteiger partial charge on any atom is -0.404 e. The second-order valence-corrected chi connectivity index (χ2v) is 4.66. The Morgan fingerprint density at radius 2 is 2.04 bits per heavy atom. The summed E-state index contributed by atoms with van der Waals surface area (Å²) >= 11 is 0. The molecule has 2 rings (SSSR count). The Labute approximate surface area is 134 Å². The van der Waals surface area contributed by atoms with Gasteiger partial charge in [-0.3, -0.25) is 4.98 Å². The first-order valence-corrected chi connectivity index (χ1v) is 6.90. The van der Waals surface area contributed by atoms with Crippen LogP contribution in [0.15, 0.2) is 49.1 Å². The SMILES string of the molecule is N=CC(=CN)c1ccncc1/C=C/Nc1cccc(N)c1C=N. The Kier molecular flexibility index (Phi) is 5.25. The van der Waals surface area contributed by atoms with Crippen LogP contribution in [0.1, 0.15) is 16.7 Å². The van der Waals surface area contributed by atoms with Gasteiger partial charge < -0.3 is 27.6 Å². The van der Waals surface area contributed by atoms with E-state index < -0.39 is 0 Å². The Morgan fingerprint density at radius 3 is 2.74 bits per heavy atom. The number of benzene rings is 1. The van der Waals surface area contributed by atoms with Gasteiger partial charge in [0.15, 0.2) is 0 Å². The molecule has 116 valence electrons. The fourth-order valence-corrected chi connectivity index (χ4v) is 2.11. The predicted octanol–water partition coefficient (Wildman–Crippen LogP) is 2.69. The van der Waals surface area contributed by atoms with Gasteiger partial charge in [0.25, 0.3) is 0 Å². The normalized spacial score (nSPS) is 11.4. The molecule has 0 spiro atoms. The predicted molar refractivity (Wildman–Crippen MR) is 96.6 cm³/mol. The van der Waals surface area contributed by atoms with Crippen LogP contribution in [0.2, 0.25) is 0 Å². The topological polar surface area (TPSA) is 125 Å². The minimum absolute atomic E-state index is 0.539. The monoisotopic (exact) mass is 306 g/mol. The molecule has 1 aromatic carbocycles. The molecule has 0 saturated carbocycles. The van der Waals surface area contributed by atoms with Gasteiger partial charge in [-0.1, -0.05) is 6.07 Å². The summed E-state index contributed by atoms with van der Waals surface area (Å²) in [6.45, 7) is 0. The van der Waals surface area contributed by atoms with Crippen molar-refractivity contribution < 1.29 is 0 Å². The zero-order chi connectivity index (χ0) is 16.7. The lowest BCUT2D eigenvalue weighted by Crippen LogP contribution is -1.99. The van der Waals surface area contributed by atoms with Gasteiger partial charge in [-0.25, -0.2) is 0 Å². The highest BCUT2D eigenvalue weighted by Gasteiger charge is 2.04. The molecule has 1 heterocycles. The number of nitrogens with one attached hydrogen (secondary N) is 3. The van der Waals surface area contributed by atoms with E-state index in [2.05, 4.69) is 10.3 Å². The van der Waals surface area contributed by atoms with Crippen LogP contribution in [0.3, 0.4) is 0 Å². The molecule has 23 heavy (non-hydrogen) atoms. The van der Waals surface area contributed by atoms with E-state index in [0.29, 0.717) is 16.8 Å². The average Bonchev–Trinajstić information content (AvgIpc) is 2.57. The number of aromatic nitrogens is 1. The van der Waals surface area contributed by atoms with Crippen LogP contribution in [-0.2, 0) is 0 Å². The summed E-state index contributed by atoms with van der Waals surface area (Å²) in [6, 6.07) is 7.20. The third-order valence-electron chi connectivity index (χ3n) is 3.28. The van der Waals surface area contributed by atoms with Crippen molar-refractivity contribution in [2.45, 2.75) is 0 Å². The van der Waals surface area contributed by atoms with Crippen molar-refractivity contribution in [3.05, 3.63) is 65.7 Å². The van der Waals surface area contributed by atoms with E-state index in [-0.39, 0.29) is 0 Å². The summed E-state index contributed by atoms with van der Waals surface area (Å²) in [5.74, 6) is 0. The zero-order valence-electron chi connectivity index (χ0n) is 12.5. The molecule has 0 saturated heterocycles. The van der Waals surface area contributed by atoms with E-state index in [0.717, 1.165) is 16.8 Å². The molecule has 0 fully saturated rings. The van der Waals surface area contributed by atoms with E-state index in [9.17, 15) is 0 Å². The summed E-state index contributed by atoms with van der Waals surface area (Å²) in [7, 11) is 0. The van der Waals surface area contributed by atoms with Gasteiger partial charge in [0.1, 0.15) is 0 Å². The lowest BCUT2D eigenvalue weighted by molar-refractivity contribution is 1.30. The molecule has 2 aromatic rings. The third-order valence-corrected chi connectivity index (χ3v) is 3.28. The van der Waals surface area contributed by atoms with E-state index in [1.54, 1.807) is 30.7 Å². The molecule has 0 amide bonds. The minimum atomic E-state index is 0.539. The highest BCUT2D eigenvalue weighted by atomic mass is 14.8. The van der Waals surface area contributed by atoms with Gasteiger partial charge in [0, 0.05) is 65.3 Å².